The second kappa shape index (κ2) is 16.2. The highest BCUT2D eigenvalue weighted by Gasteiger charge is 2.57. The summed E-state index contributed by atoms with van der Waals surface area (Å²) >= 11 is 6.69. The molecule has 3 aliphatic heterocycles. The quantitative estimate of drug-likeness (QED) is 0.173. The Hall–Kier alpha value is -4.62. The smallest absolute Gasteiger partial charge is 0.425 e. The minimum atomic E-state index is -4.93. The van der Waals surface area contributed by atoms with E-state index in [2.05, 4.69) is 31.9 Å². The lowest BCUT2D eigenvalue weighted by molar-refractivity contribution is -0.163. The maximum atomic E-state index is 15.4. The van der Waals surface area contributed by atoms with Gasteiger partial charge in [0.15, 0.2) is 5.84 Å². The molecule has 3 amide bonds. The van der Waals surface area contributed by atoms with E-state index >= 15 is 4.79 Å². The van der Waals surface area contributed by atoms with Crippen molar-refractivity contribution in [1.29, 1.82) is 0 Å². The molecule has 0 saturated carbocycles. The monoisotopic (exact) mass is 814 g/mol. The van der Waals surface area contributed by atoms with Gasteiger partial charge in [-0.15, -0.1) is 22.0 Å². The van der Waals surface area contributed by atoms with Gasteiger partial charge in [0.1, 0.15) is 16.3 Å². The van der Waals surface area contributed by atoms with Gasteiger partial charge in [0, 0.05) is 48.6 Å². The van der Waals surface area contributed by atoms with Crippen LogP contribution in [0.1, 0.15) is 83.5 Å². The van der Waals surface area contributed by atoms with Crippen molar-refractivity contribution in [2.24, 2.45) is 5.10 Å². The number of aromatic nitrogens is 1. The first kappa shape index (κ1) is 40.1. The number of hydrogen-bond acceptors (Lipinski definition) is 10. The summed E-state index contributed by atoms with van der Waals surface area (Å²) < 4.78 is 90.2. The van der Waals surface area contributed by atoms with Crippen molar-refractivity contribution in [2.75, 3.05) is 19.6 Å². The van der Waals surface area contributed by atoms with Crippen LogP contribution in [-0.2, 0) is 28.4 Å². The highest BCUT2D eigenvalue weighted by atomic mass is 35.5. The number of amides is 3. The van der Waals surface area contributed by atoms with Gasteiger partial charge < -0.3 is 19.9 Å². The molecule has 6 rings (SSSR count). The van der Waals surface area contributed by atoms with Gasteiger partial charge in [-0.2, -0.15) is 26.3 Å². The molecule has 4 N–H and O–H groups in total. The zero-order valence-electron chi connectivity index (χ0n) is 29.3. The summed E-state index contributed by atoms with van der Waals surface area (Å²) in [6.45, 7) is 1.85. The van der Waals surface area contributed by atoms with E-state index in [1.54, 1.807) is 25.1 Å². The highest BCUT2D eigenvalue weighted by Crippen LogP contribution is 2.45. The molecule has 5 heterocycles. The van der Waals surface area contributed by atoms with Gasteiger partial charge >= 0.3 is 12.4 Å². The van der Waals surface area contributed by atoms with Crippen LogP contribution in [0.5, 0.6) is 5.75 Å². The van der Waals surface area contributed by atoms with Gasteiger partial charge in [-0.3, -0.25) is 24.8 Å². The van der Waals surface area contributed by atoms with E-state index in [4.69, 9.17) is 16.3 Å². The number of carbonyl (C=O) groups is 3. The Morgan fingerprint density at radius 3 is 2.56 bits per heavy atom. The number of nitrogens with zero attached hydrogens (tertiary/aromatic N) is 4. The first-order chi connectivity index (χ1) is 26.1. The summed E-state index contributed by atoms with van der Waals surface area (Å²) in [6, 6.07) is 5.75. The minimum absolute atomic E-state index is 0.0523. The molecule has 0 radical (unpaired) electrons. The molecule has 12 nitrogen and oxygen atoms in total. The summed E-state index contributed by atoms with van der Waals surface area (Å²) in [5.41, 5.74) is 5.11. The number of carbonyl (C=O) groups excluding carboxylic acids is 3. The number of rotatable bonds is 11. The highest BCUT2D eigenvalue weighted by molar-refractivity contribution is 7.10. The van der Waals surface area contributed by atoms with Crippen LogP contribution in [0.4, 0.5) is 26.3 Å². The van der Waals surface area contributed by atoms with Gasteiger partial charge in [0.2, 0.25) is 11.5 Å². The number of ether oxygens (including phenoxy) is 1. The molecule has 1 fully saturated rings. The number of benzene rings is 1. The molecule has 2 aromatic heterocycles. The number of amidine groups is 1. The average Bonchev–Trinajstić information content (AvgIpc) is 3.85. The average molecular weight is 815 g/mol. The first-order valence-corrected chi connectivity index (χ1v) is 18.7. The number of nitrogens with one attached hydrogen (secondary N) is 4. The van der Waals surface area contributed by atoms with Crippen LogP contribution in [-0.4, -0.2) is 69.6 Å². The van der Waals surface area contributed by atoms with Crippen LogP contribution >= 0.6 is 22.9 Å². The molecule has 3 aliphatic rings. The van der Waals surface area contributed by atoms with Crippen LogP contribution in [0.15, 0.2) is 53.1 Å². The molecule has 20 heteroatoms. The van der Waals surface area contributed by atoms with Gasteiger partial charge in [-0.05, 0) is 61.1 Å². The van der Waals surface area contributed by atoms with Crippen molar-refractivity contribution >= 4 is 46.5 Å². The van der Waals surface area contributed by atoms with Crippen molar-refractivity contribution in [3.05, 3.63) is 80.3 Å². The van der Waals surface area contributed by atoms with E-state index < -0.39 is 58.0 Å². The zero-order valence-corrected chi connectivity index (χ0v) is 30.9. The number of piperidine rings is 1. The number of alkyl halides is 6. The summed E-state index contributed by atoms with van der Waals surface area (Å²) in [4.78, 5) is 48.1. The number of halogens is 7. The predicted molar refractivity (Wildman–Crippen MR) is 190 cm³/mol. The number of hydrazine groups is 2. The maximum absolute atomic E-state index is 15.4. The van der Waals surface area contributed by atoms with Crippen LogP contribution in [0, 0.1) is 0 Å². The molecule has 1 unspecified atom stereocenters. The summed E-state index contributed by atoms with van der Waals surface area (Å²) in [7, 11) is 0. The van der Waals surface area contributed by atoms with Crippen molar-refractivity contribution in [1.82, 2.24) is 36.6 Å². The Morgan fingerprint density at radius 1 is 1.07 bits per heavy atom. The number of fused-ring (bicyclic) bond motifs is 1. The van der Waals surface area contributed by atoms with Crippen molar-refractivity contribution in [3.8, 4) is 5.75 Å². The standard InChI is InChI=1S/C35H37ClF6N8O4S/c1-2-5-26-33(54-22-17-27(55-19-22)35(40,41)42,12-4-14-50(26)31(52)30-24(34(37,38)39)6-3-13-43-30)32(53)49-15-11-20-16-21(36)7-8-23(20)25(49)9-10-29(51)44-18-28-45-47-48-46-28/h3,6-8,13,16-17,19,25-26,47-48H,2,4-5,9-12,14-15,18H2,1H3,(H,44,51)(H,45,46)/t25?,26-,33+/m1/s1. The number of likely N-dealkylation sites (tertiary alicyclic amines) is 1. The van der Waals surface area contributed by atoms with Crippen molar-refractivity contribution in [2.45, 2.75) is 81.9 Å². The largest absolute Gasteiger partial charge is 0.474 e. The first-order valence-electron chi connectivity index (χ1n) is 17.5. The van der Waals surface area contributed by atoms with Crippen molar-refractivity contribution in [3.63, 3.8) is 0 Å². The normalized spacial score (nSPS) is 21.3. The lowest BCUT2D eigenvalue weighted by Gasteiger charge is -2.51. The Bertz CT molecular complexity index is 1940. The third-order valence-electron chi connectivity index (χ3n) is 9.79. The summed E-state index contributed by atoms with van der Waals surface area (Å²) in [6.07, 6.45) is -7.83. The molecule has 0 aliphatic carbocycles. The molecule has 0 bridgehead atoms. The number of pyridine rings is 1. The summed E-state index contributed by atoms with van der Waals surface area (Å²) in [5.74, 6) is -1.97. The Morgan fingerprint density at radius 2 is 1.87 bits per heavy atom. The molecule has 55 heavy (non-hydrogen) atoms. The van der Waals surface area contributed by atoms with Crippen LogP contribution in [0.25, 0.3) is 0 Å². The van der Waals surface area contributed by atoms with Crippen molar-refractivity contribution < 1.29 is 45.5 Å². The molecule has 3 atom stereocenters. The molecule has 3 aromatic rings. The van der Waals surface area contributed by atoms with E-state index in [0.29, 0.717) is 40.6 Å². The Balaban J connectivity index is 1.41. The second-order valence-electron chi connectivity index (χ2n) is 13.3. The fourth-order valence-electron chi connectivity index (χ4n) is 7.40. The van der Waals surface area contributed by atoms with Gasteiger partial charge in [0.05, 0.1) is 24.2 Å². The number of hydrogen-bond donors (Lipinski definition) is 4. The minimum Gasteiger partial charge on any atom is -0.474 e. The molecule has 296 valence electrons. The van der Waals surface area contributed by atoms with Crippen LogP contribution in [0.3, 0.4) is 0 Å². The lowest BCUT2D eigenvalue weighted by atomic mass is 9.78. The third-order valence-corrected chi connectivity index (χ3v) is 11.0. The van der Waals surface area contributed by atoms with E-state index in [0.717, 1.165) is 40.2 Å². The number of hydrazone groups is 1. The maximum Gasteiger partial charge on any atom is 0.425 e. The van der Waals surface area contributed by atoms with Gasteiger partial charge in [0.25, 0.3) is 11.8 Å². The lowest BCUT2D eigenvalue weighted by Crippen LogP contribution is -2.68. The van der Waals surface area contributed by atoms with Gasteiger partial charge in [-0.1, -0.05) is 31.0 Å². The summed E-state index contributed by atoms with van der Waals surface area (Å²) in [5, 5.41) is 8.24. The zero-order chi connectivity index (χ0) is 39.5. The van der Waals surface area contributed by atoms with Crippen LogP contribution < -0.4 is 26.5 Å². The molecule has 0 spiro atoms. The molecule has 1 saturated heterocycles. The van der Waals surface area contributed by atoms with E-state index in [1.807, 2.05) is 0 Å². The fraction of sp³-hybridized carbons (Fsp3) is 0.457. The molecular formula is C35H37ClF6N8O4S. The third kappa shape index (κ3) is 8.62. The van der Waals surface area contributed by atoms with Gasteiger partial charge in [-0.25, -0.2) is 5.53 Å². The van der Waals surface area contributed by atoms with E-state index in [-0.39, 0.29) is 63.4 Å². The number of thiophene rings is 1. The molecular weight excluding hydrogens is 778 g/mol. The predicted octanol–water partition coefficient (Wildman–Crippen LogP) is 6.00. The fourth-order valence-corrected chi connectivity index (χ4v) is 8.27. The van der Waals surface area contributed by atoms with E-state index in [9.17, 15) is 35.9 Å². The Kier molecular flexibility index (Phi) is 11.8. The topological polar surface area (TPSA) is 140 Å². The molecule has 1 aromatic carbocycles. The SMILES string of the molecule is CCC[C@H]1N(C(=O)c2ncccc2C(F)(F)F)CCC[C@@]1(Oc1csc(C(F)(F)F)c1)C(=O)N1CCc2cc(Cl)ccc2C1CCC(=O)NCC1=NNNN1. The Labute approximate surface area is 320 Å². The second-order valence-corrected chi connectivity index (χ2v) is 14.6. The van der Waals surface area contributed by atoms with E-state index in [1.165, 1.54) is 4.90 Å². The van der Waals surface area contributed by atoms with Crippen LogP contribution in [0.2, 0.25) is 5.02 Å².